The maximum atomic E-state index is 5.74. The van der Waals surface area contributed by atoms with Crippen LogP contribution in [0.4, 0.5) is 0 Å². The van der Waals surface area contributed by atoms with Crippen LogP contribution in [0, 0.1) is 5.92 Å². The Bertz CT molecular complexity index is 746. The molecule has 0 atom stereocenters. The number of unbranched alkanes of at least 4 members (excludes halogenated alkanes) is 3. The van der Waals surface area contributed by atoms with Gasteiger partial charge in [-0.05, 0) is 26.2 Å². The van der Waals surface area contributed by atoms with Crippen LogP contribution in [0.25, 0.3) is 0 Å². The predicted molar refractivity (Wildman–Crippen MR) is 137 cm³/mol. The lowest BCUT2D eigenvalue weighted by Gasteiger charge is -2.07. The number of hydrogen-bond acceptors (Lipinski definition) is 3. The highest BCUT2D eigenvalue weighted by atomic mass is 15.5. The minimum atomic E-state index is -0.246. The zero-order valence-corrected chi connectivity index (χ0v) is 20.0. The van der Waals surface area contributed by atoms with Crippen molar-refractivity contribution in [3.05, 3.63) is 0 Å². The molecule has 0 amide bonds. The number of hydrazine groups is 1. The van der Waals surface area contributed by atoms with Gasteiger partial charge in [-0.3, -0.25) is 15.8 Å². The van der Waals surface area contributed by atoms with Gasteiger partial charge < -0.3 is 34.4 Å². The van der Waals surface area contributed by atoms with Crippen molar-refractivity contribution >= 4 is 35.8 Å². The van der Waals surface area contributed by atoms with Gasteiger partial charge in [-0.2, -0.15) is 15.0 Å². The summed E-state index contributed by atoms with van der Waals surface area (Å²) in [6.45, 7) is 8.73. The molecule has 15 N–H and O–H groups in total. The third-order valence-electron chi connectivity index (χ3n) is 3.66. The second-order valence-corrected chi connectivity index (χ2v) is 7.74. The van der Waals surface area contributed by atoms with Gasteiger partial charge in [0.15, 0.2) is 0 Å². The summed E-state index contributed by atoms with van der Waals surface area (Å²) in [5.41, 5.74) is 41.3. The summed E-state index contributed by atoms with van der Waals surface area (Å²) in [6.07, 6.45) is 5.71. The first-order chi connectivity index (χ1) is 15.5. The monoisotopic (exact) mass is 467 g/mol. The zero-order valence-electron chi connectivity index (χ0n) is 20.0. The molecule has 0 aliphatic heterocycles. The molecule has 33 heavy (non-hydrogen) atoms. The van der Waals surface area contributed by atoms with Crippen LogP contribution in [0.3, 0.4) is 0 Å². The molecule has 0 aliphatic carbocycles. The van der Waals surface area contributed by atoms with Gasteiger partial charge in [0.1, 0.15) is 0 Å². The van der Waals surface area contributed by atoms with E-state index in [0.717, 1.165) is 18.8 Å². The number of guanidine groups is 6. The van der Waals surface area contributed by atoms with Gasteiger partial charge in [-0.1, -0.05) is 39.5 Å². The third-order valence-corrected chi connectivity index (χ3v) is 3.66. The summed E-state index contributed by atoms with van der Waals surface area (Å²) in [7, 11) is 0. The molecule has 0 bridgehead atoms. The van der Waals surface area contributed by atoms with Gasteiger partial charge in [0.25, 0.3) is 0 Å². The summed E-state index contributed by atoms with van der Waals surface area (Å²) in [5.74, 6) is 0.215. The van der Waals surface area contributed by atoms with Gasteiger partial charge in [-0.15, -0.1) is 5.10 Å². The van der Waals surface area contributed by atoms with E-state index in [1.807, 2.05) is 13.8 Å². The maximum Gasteiger partial charge on any atom is 0.241 e. The fourth-order valence-electron chi connectivity index (χ4n) is 2.26. The molecule has 188 valence electrons. The summed E-state index contributed by atoms with van der Waals surface area (Å²) < 4.78 is 0. The van der Waals surface area contributed by atoms with Crippen LogP contribution in [-0.4, -0.2) is 48.3 Å². The first-order valence-electron chi connectivity index (χ1n) is 10.8. The summed E-state index contributed by atoms with van der Waals surface area (Å²) in [6, 6.07) is -0.0277. The van der Waals surface area contributed by atoms with Crippen LogP contribution >= 0.6 is 0 Å². The van der Waals surface area contributed by atoms with E-state index in [1.54, 1.807) is 0 Å². The molecule has 0 radical (unpaired) electrons. The molecule has 0 aromatic rings. The first-order valence-corrected chi connectivity index (χ1v) is 10.8. The molecule has 15 heteroatoms. The molecule has 0 fully saturated rings. The summed E-state index contributed by atoms with van der Waals surface area (Å²) in [5, 5.41) is 3.68. The lowest BCUT2D eigenvalue weighted by atomic mass is 10.0. The van der Waals surface area contributed by atoms with Gasteiger partial charge >= 0.3 is 0 Å². The van der Waals surface area contributed by atoms with E-state index >= 15 is 0 Å². The Hall–Kier alpha value is -3.78. The van der Waals surface area contributed by atoms with Crippen molar-refractivity contribution in [2.75, 3.05) is 6.54 Å². The number of rotatable bonds is 9. The smallest absolute Gasteiger partial charge is 0.241 e. The lowest BCUT2D eigenvalue weighted by Crippen LogP contribution is -2.49. The molecule has 0 saturated heterocycles. The quantitative estimate of drug-likeness (QED) is 0.0823. The Labute approximate surface area is 195 Å². The molecular weight excluding hydrogens is 426 g/mol. The summed E-state index contributed by atoms with van der Waals surface area (Å²) in [4.78, 5) is 19.6. The van der Waals surface area contributed by atoms with Crippen LogP contribution in [0.15, 0.2) is 30.1 Å². The number of hydrogen-bond donors (Lipinski definition) is 9. The fourth-order valence-corrected chi connectivity index (χ4v) is 2.26. The van der Waals surface area contributed by atoms with E-state index < -0.39 is 0 Å². The Kier molecular flexibility index (Phi) is 14.9. The van der Waals surface area contributed by atoms with E-state index in [9.17, 15) is 0 Å². The third kappa shape index (κ3) is 18.7. The fraction of sp³-hybridized carbons (Fsp3) is 0.667. The van der Waals surface area contributed by atoms with Gasteiger partial charge in [0.2, 0.25) is 35.8 Å². The van der Waals surface area contributed by atoms with Crippen LogP contribution in [-0.2, 0) is 0 Å². The highest BCUT2D eigenvalue weighted by Gasteiger charge is 1.99. The zero-order chi connectivity index (χ0) is 25.2. The normalized spacial score (nSPS) is 14.7. The number of aliphatic imine (C=N–C) groups is 5. The minimum Gasteiger partial charge on any atom is -0.368 e. The molecule has 0 aromatic heterocycles. The Morgan fingerprint density at radius 3 is 1.79 bits per heavy atom. The Balaban J connectivity index is 4.45. The first kappa shape index (κ1) is 29.2. The summed E-state index contributed by atoms with van der Waals surface area (Å²) >= 11 is 0. The molecule has 0 unspecified atom stereocenters. The van der Waals surface area contributed by atoms with E-state index in [-0.39, 0.29) is 41.8 Å². The largest absolute Gasteiger partial charge is 0.368 e. The van der Waals surface area contributed by atoms with Crippen LogP contribution in [0.1, 0.15) is 59.8 Å². The molecule has 0 rings (SSSR count). The SMILES string of the molecule is CC(C)CCCCCCN=C(N)/N=C(\N)NN/C(N)=N/C(N)=N/N/C(N)=N/C(N)=NC(C)C. The average molecular weight is 468 g/mol. The molecular formula is C18H41N15. The van der Waals surface area contributed by atoms with Gasteiger partial charge in [-0.25, -0.2) is 10.4 Å². The lowest BCUT2D eigenvalue weighted by molar-refractivity contribution is 0.521. The highest BCUT2D eigenvalue weighted by molar-refractivity contribution is 5.97. The minimum absolute atomic E-state index is 0.00290. The molecule has 0 spiro atoms. The van der Waals surface area contributed by atoms with Crippen molar-refractivity contribution in [2.45, 2.75) is 65.8 Å². The number of nitrogens with two attached hydrogens (primary N) is 6. The van der Waals surface area contributed by atoms with Crippen LogP contribution in [0.2, 0.25) is 0 Å². The van der Waals surface area contributed by atoms with Crippen molar-refractivity contribution in [2.24, 2.45) is 70.4 Å². The van der Waals surface area contributed by atoms with E-state index in [4.69, 9.17) is 34.4 Å². The second-order valence-electron chi connectivity index (χ2n) is 7.74. The number of nitrogens with one attached hydrogen (secondary N) is 3. The second kappa shape index (κ2) is 16.9. The van der Waals surface area contributed by atoms with Crippen molar-refractivity contribution in [3.63, 3.8) is 0 Å². The molecule has 0 aliphatic rings. The van der Waals surface area contributed by atoms with E-state index in [0.29, 0.717) is 6.54 Å². The van der Waals surface area contributed by atoms with Crippen molar-refractivity contribution < 1.29 is 0 Å². The molecule has 0 heterocycles. The van der Waals surface area contributed by atoms with Crippen LogP contribution in [0.5, 0.6) is 0 Å². The predicted octanol–water partition coefficient (Wildman–Crippen LogP) is -1.51. The Morgan fingerprint density at radius 2 is 1.21 bits per heavy atom. The number of nitrogens with zero attached hydrogens (tertiary/aromatic N) is 6. The van der Waals surface area contributed by atoms with Crippen LogP contribution < -0.4 is 50.7 Å². The van der Waals surface area contributed by atoms with Crippen molar-refractivity contribution in [3.8, 4) is 0 Å². The Morgan fingerprint density at radius 1 is 0.667 bits per heavy atom. The topological polar surface area (TPSA) is 266 Å². The standard InChI is InChI=1S/C18H41N15/c1-11(2)9-7-5-6-8-10-25-13(19)27-15(21)30-32-17(23)29-18(24)33-31-16(22)28-14(20)26-12(3)4/h11-12H,5-10H2,1-4H3,(H5,19,21,25,27,30)(H5,20,22,26,28,31)(H5,23,24,29,32,33). The molecule has 0 aromatic carbocycles. The van der Waals surface area contributed by atoms with Gasteiger partial charge in [0.05, 0.1) is 0 Å². The molecule has 15 nitrogen and oxygen atoms in total. The van der Waals surface area contributed by atoms with Gasteiger partial charge in [0, 0.05) is 12.6 Å². The molecule has 0 saturated carbocycles. The highest BCUT2D eigenvalue weighted by Crippen LogP contribution is 2.09. The van der Waals surface area contributed by atoms with Crippen molar-refractivity contribution in [1.82, 2.24) is 16.3 Å². The van der Waals surface area contributed by atoms with E-state index in [1.165, 1.54) is 19.3 Å². The van der Waals surface area contributed by atoms with Crippen molar-refractivity contribution in [1.29, 1.82) is 0 Å². The maximum absolute atomic E-state index is 5.74. The van der Waals surface area contributed by atoms with E-state index in [2.05, 4.69) is 60.2 Å². The average Bonchev–Trinajstić information content (AvgIpc) is 2.69. The number of hydrazone groups is 1.